The molecule has 0 spiro atoms. The van der Waals surface area contributed by atoms with Crippen molar-refractivity contribution in [2.75, 3.05) is 13.1 Å². The van der Waals surface area contributed by atoms with Gasteiger partial charge >= 0.3 is 0 Å². The summed E-state index contributed by atoms with van der Waals surface area (Å²) in [5.74, 6) is 0.487. The average Bonchev–Trinajstić information content (AvgIpc) is 2.58. The van der Waals surface area contributed by atoms with Crippen LogP contribution < -0.4 is 0 Å². The van der Waals surface area contributed by atoms with Crippen molar-refractivity contribution in [1.82, 2.24) is 14.7 Å². The van der Waals surface area contributed by atoms with E-state index in [2.05, 4.69) is 23.1 Å². The van der Waals surface area contributed by atoms with Crippen molar-refractivity contribution in [1.29, 1.82) is 0 Å². The minimum atomic E-state index is -0.155. The first-order chi connectivity index (χ1) is 8.06. The van der Waals surface area contributed by atoms with Gasteiger partial charge in [0.15, 0.2) is 0 Å². The van der Waals surface area contributed by atoms with Crippen LogP contribution in [0.25, 0.3) is 0 Å². The molecule has 0 bridgehead atoms. The van der Waals surface area contributed by atoms with E-state index >= 15 is 0 Å². The van der Waals surface area contributed by atoms with Crippen molar-refractivity contribution in [2.24, 2.45) is 13.0 Å². The molecular weight excluding hydrogens is 214 g/mol. The Kier molecular flexibility index (Phi) is 3.84. The number of aliphatic hydroxyl groups excluding tert-OH is 1. The highest BCUT2D eigenvalue weighted by Crippen LogP contribution is 2.22. The van der Waals surface area contributed by atoms with Crippen LogP contribution >= 0.6 is 0 Å². The predicted octanol–water partition coefficient (Wildman–Crippen LogP) is 1.32. The van der Waals surface area contributed by atoms with E-state index in [-0.39, 0.29) is 6.10 Å². The molecule has 4 heteroatoms. The fourth-order valence-corrected chi connectivity index (χ4v) is 2.64. The number of nitrogens with zero attached hydrogens (tertiary/aromatic N) is 3. The fourth-order valence-electron chi connectivity index (χ4n) is 2.64. The van der Waals surface area contributed by atoms with E-state index in [1.807, 2.05) is 18.7 Å². The molecule has 1 saturated heterocycles. The molecule has 1 aliphatic heterocycles. The van der Waals surface area contributed by atoms with Crippen LogP contribution in [-0.2, 0) is 13.6 Å². The van der Waals surface area contributed by atoms with Gasteiger partial charge in [0.25, 0.3) is 0 Å². The number of rotatable bonds is 3. The number of likely N-dealkylation sites (tertiary alicyclic amines) is 1. The Labute approximate surface area is 103 Å². The molecule has 0 aliphatic carbocycles. The molecule has 0 amide bonds. The smallest absolute Gasteiger partial charge is 0.0638 e. The lowest BCUT2D eigenvalue weighted by molar-refractivity contribution is 0.0695. The Morgan fingerprint density at radius 3 is 2.59 bits per heavy atom. The van der Waals surface area contributed by atoms with Gasteiger partial charge in [0.05, 0.1) is 11.8 Å². The van der Waals surface area contributed by atoms with Crippen molar-refractivity contribution >= 4 is 0 Å². The van der Waals surface area contributed by atoms with Crippen LogP contribution in [0.3, 0.4) is 0 Å². The second-order valence-corrected chi connectivity index (χ2v) is 5.27. The third-order valence-electron chi connectivity index (χ3n) is 3.82. The molecule has 17 heavy (non-hydrogen) atoms. The highest BCUT2D eigenvalue weighted by Gasteiger charge is 2.23. The Balaban J connectivity index is 1.88. The van der Waals surface area contributed by atoms with Gasteiger partial charge in [0.2, 0.25) is 0 Å². The van der Waals surface area contributed by atoms with Crippen LogP contribution in [0.4, 0.5) is 0 Å². The molecule has 1 aromatic heterocycles. The van der Waals surface area contributed by atoms with Gasteiger partial charge in [-0.1, -0.05) is 0 Å². The summed E-state index contributed by atoms with van der Waals surface area (Å²) >= 11 is 0. The van der Waals surface area contributed by atoms with Crippen LogP contribution in [0.5, 0.6) is 0 Å². The summed E-state index contributed by atoms with van der Waals surface area (Å²) in [7, 11) is 1.97. The van der Waals surface area contributed by atoms with E-state index in [1.165, 1.54) is 5.56 Å². The molecule has 1 atom stereocenters. The molecule has 0 radical (unpaired) electrons. The van der Waals surface area contributed by atoms with Crippen LogP contribution in [0.1, 0.15) is 31.0 Å². The lowest BCUT2D eigenvalue weighted by atomic mass is 9.92. The van der Waals surface area contributed by atoms with Crippen molar-refractivity contribution in [2.45, 2.75) is 39.3 Å². The topological polar surface area (TPSA) is 41.3 Å². The third kappa shape index (κ3) is 3.07. The van der Waals surface area contributed by atoms with Crippen molar-refractivity contribution in [3.8, 4) is 0 Å². The van der Waals surface area contributed by atoms with Gasteiger partial charge in [-0.25, -0.2) is 0 Å². The van der Waals surface area contributed by atoms with Gasteiger partial charge in [0, 0.05) is 25.4 Å². The van der Waals surface area contributed by atoms with Gasteiger partial charge in [-0.2, -0.15) is 5.10 Å². The summed E-state index contributed by atoms with van der Waals surface area (Å²) in [5, 5.41) is 13.9. The molecule has 0 aromatic carbocycles. The van der Waals surface area contributed by atoms with Crippen LogP contribution in [-0.4, -0.2) is 39.0 Å². The Bertz CT molecular complexity index is 365. The fraction of sp³-hybridized carbons (Fsp3) is 0.769. The third-order valence-corrected chi connectivity index (χ3v) is 3.82. The number of aryl methyl sites for hydroxylation is 2. The van der Waals surface area contributed by atoms with Gasteiger partial charge < -0.3 is 5.11 Å². The van der Waals surface area contributed by atoms with Crippen molar-refractivity contribution < 1.29 is 5.11 Å². The van der Waals surface area contributed by atoms with Crippen LogP contribution in [0.15, 0.2) is 6.20 Å². The molecule has 1 N–H and O–H groups in total. The van der Waals surface area contributed by atoms with E-state index in [4.69, 9.17) is 0 Å². The van der Waals surface area contributed by atoms with E-state index in [1.54, 1.807) is 0 Å². The molecule has 96 valence electrons. The number of hydrogen-bond acceptors (Lipinski definition) is 3. The average molecular weight is 237 g/mol. The molecule has 1 aromatic rings. The predicted molar refractivity (Wildman–Crippen MR) is 67.6 cm³/mol. The first kappa shape index (κ1) is 12.6. The number of aliphatic hydroxyl groups is 1. The summed E-state index contributed by atoms with van der Waals surface area (Å²) in [5.41, 5.74) is 2.45. The Morgan fingerprint density at radius 2 is 2.12 bits per heavy atom. The van der Waals surface area contributed by atoms with Gasteiger partial charge in [-0.05, 0) is 45.7 Å². The van der Waals surface area contributed by atoms with E-state index in [0.717, 1.165) is 38.2 Å². The number of hydrogen-bond donors (Lipinski definition) is 1. The van der Waals surface area contributed by atoms with Crippen molar-refractivity contribution in [3.63, 3.8) is 0 Å². The first-order valence-electron chi connectivity index (χ1n) is 6.46. The van der Waals surface area contributed by atoms with Gasteiger partial charge in [-0.15, -0.1) is 0 Å². The summed E-state index contributed by atoms with van der Waals surface area (Å²) in [6.07, 6.45) is 4.17. The first-order valence-corrected chi connectivity index (χ1v) is 6.46. The molecule has 1 aliphatic rings. The highest BCUT2D eigenvalue weighted by atomic mass is 16.3. The number of aromatic nitrogens is 2. The van der Waals surface area contributed by atoms with Gasteiger partial charge in [-0.3, -0.25) is 9.58 Å². The lowest BCUT2D eigenvalue weighted by Gasteiger charge is -2.33. The Hall–Kier alpha value is -0.870. The monoisotopic (exact) mass is 237 g/mol. The van der Waals surface area contributed by atoms with Crippen molar-refractivity contribution in [3.05, 3.63) is 17.5 Å². The lowest BCUT2D eigenvalue weighted by Crippen LogP contribution is -2.36. The largest absolute Gasteiger partial charge is 0.393 e. The standard InChI is InChI=1S/C13H23N3O/c1-10-13(8-15(3)14-10)9-16-6-4-12(5-7-16)11(2)17/h8,11-12,17H,4-7,9H2,1-3H3. The molecule has 2 heterocycles. The normalized spacial score (nSPS) is 20.7. The minimum Gasteiger partial charge on any atom is -0.393 e. The summed E-state index contributed by atoms with van der Waals surface area (Å²) in [6, 6.07) is 0. The van der Waals surface area contributed by atoms with Crippen LogP contribution in [0.2, 0.25) is 0 Å². The summed E-state index contributed by atoms with van der Waals surface area (Å²) in [6.45, 7) is 7.14. The van der Waals surface area contributed by atoms with E-state index in [9.17, 15) is 5.11 Å². The molecule has 4 nitrogen and oxygen atoms in total. The second-order valence-electron chi connectivity index (χ2n) is 5.27. The van der Waals surface area contributed by atoms with E-state index < -0.39 is 0 Å². The maximum absolute atomic E-state index is 9.57. The van der Waals surface area contributed by atoms with Gasteiger partial charge in [0.1, 0.15) is 0 Å². The zero-order valence-corrected chi connectivity index (χ0v) is 11.1. The molecular formula is C13H23N3O. The quantitative estimate of drug-likeness (QED) is 0.862. The molecule has 2 rings (SSSR count). The molecule has 1 fully saturated rings. The Morgan fingerprint density at radius 1 is 1.47 bits per heavy atom. The highest BCUT2D eigenvalue weighted by molar-refractivity contribution is 5.15. The summed E-state index contributed by atoms with van der Waals surface area (Å²) in [4.78, 5) is 2.46. The molecule has 1 unspecified atom stereocenters. The zero-order chi connectivity index (χ0) is 12.4. The van der Waals surface area contributed by atoms with Crippen LogP contribution in [0, 0.1) is 12.8 Å². The summed E-state index contributed by atoms with van der Waals surface area (Å²) < 4.78 is 1.88. The van der Waals surface area contributed by atoms with E-state index in [0.29, 0.717) is 5.92 Å². The zero-order valence-electron chi connectivity index (χ0n) is 11.1. The number of piperidine rings is 1. The maximum atomic E-state index is 9.57. The second kappa shape index (κ2) is 5.19. The maximum Gasteiger partial charge on any atom is 0.0638 e. The molecule has 0 saturated carbocycles. The SMILES string of the molecule is Cc1nn(C)cc1CN1CCC(C(C)O)CC1. The minimum absolute atomic E-state index is 0.155.